The molecule has 8 aromatic carbocycles. The molecule has 3 aliphatic heterocycles. The first kappa shape index (κ1) is 78.7. The molecule has 3 amide bonds. The lowest BCUT2D eigenvalue weighted by Gasteiger charge is -2.29. The first-order chi connectivity index (χ1) is 45.9. The summed E-state index contributed by atoms with van der Waals surface area (Å²) >= 11 is 3.09. The van der Waals surface area contributed by atoms with Gasteiger partial charge in [0.25, 0.3) is 17.6 Å². The van der Waals surface area contributed by atoms with E-state index in [1.165, 1.54) is 72.8 Å². The van der Waals surface area contributed by atoms with Crippen molar-refractivity contribution >= 4 is 66.6 Å². The third-order valence-electron chi connectivity index (χ3n) is 13.2. The highest BCUT2D eigenvalue weighted by Gasteiger charge is 2.54. The van der Waals surface area contributed by atoms with E-state index < -0.39 is 133 Å². The fourth-order valence-corrected chi connectivity index (χ4v) is 9.39. The van der Waals surface area contributed by atoms with Crippen LogP contribution in [0.15, 0.2) is 186 Å². The molecule has 0 fully saturated rings. The van der Waals surface area contributed by atoms with E-state index in [-0.39, 0.29) is 44.9 Å². The third-order valence-corrected chi connectivity index (χ3v) is 14.3. The smallest absolute Gasteiger partial charge is 0.508 e. The monoisotopic (exact) mass is 1530 g/mol. The van der Waals surface area contributed by atoms with E-state index in [0.717, 1.165) is 78.9 Å². The zero-order valence-electron chi connectivity index (χ0n) is 48.5. The number of hydrogen-bond acceptors (Lipinski definition) is 12. The van der Waals surface area contributed by atoms with Gasteiger partial charge in [-0.05, 0) is 114 Å². The zero-order chi connectivity index (χ0) is 75.2. The van der Waals surface area contributed by atoms with Gasteiger partial charge in [-0.25, -0.2) is 0 Å². The number of phenolic OH excluding ortho intramolecular Hbond substituents is 2. The van der Waals surface area contributed by atoms with Gasteiger partial charge in [0.05, 0.1) is 39.3 Å². The van der Waals surface area contributed by atoms with Gasteiger partial charge in [-0.2, -0.15) is 61.1 Å². The van der Waals surface area contributed by atoms with E-state index in [9.17, 15) is 122 Å². The largest absolute Gasteiger partial charge is 0.573 e. The summed E-state index contributed by atoms with van der Waals surface area (Å²) in [7, 11) is -5.84. The van der Waals surface area contributed by atoms with Crippen LogP contribution in [-0.2, 0) is 54.0 Å². The minimum absolute atomic E-state index is 0.0208. The number of para-hydroxylation sites is 4. The number of aromatic hydroxyl groups is 2. The topological polar surface area (TPSA) is 247 Å². The molecule has 534 valence electrons. The van der Waals surface area contributed by atoms with Crippen LogP contribution >= 0.6 is 15.9 Å². The number of fused-ring (bicyclic) bond motifs is 3. The molecule has 2 atom stereocenters. The predicted molar refractivity (Wildman–Crippen MR) is 308 cm³/mol. The van der Waals surface area contributed by atoms with Crippen molar-refractivity contribution in [1.29, 1.82) is 0 Å². The van der Waals surface area contributed by atoms with Crippen LogP contribution in [0.5, 0.6) is 28.7 Å². The number of carbonyl (C=O) groups is 4. The van der Waals surface area contributed by atoms with Crippen molar-refractivity contribution in [2.75, 3.05) is 16.0 Å². The Morgan fingerprint density at radius 3 is 1.11 bits per heavy atom. The average molecular weight is 1530 g/mol. The Bertz CT molecular complexity index is 4370. The highest BCUT2D eigenvalue weighted by molar-refractivity contribution is 9.10. The van der Waals surface area contributed by atoms with Crippen LogP contribution < -0.4 is 30.2 Å². The highest BCUT2D eigenvalue weighted by atomic mass is 79.9. The van der Waals surface area contributed by atoms with E-state index >= 15 is 0 Å². The van der Waals surface area contributed by atoms with E-state index in [0.29, 0.717) is 10.2 Å². The Balaban J connectivity index is 0.000000205. The van der Waals surface area contributed by atoms with Crippen molar-refractivity contribution in [3.05, 3.63) is 237 Å². The minimum Gasteiger partial charge on any atom is -0.508 e. The van der Waals surface area contributed by atoms with E-state index in [4.69, 9.17) is 18.1 Å². The number of Topliss-reactive ketones (excluding diaryl/α,β-unsaturated/α-hetero) is 1. The van der Waals surface area contributed by atoms with Gasteiger partial charge in [0, 0.05) is 15.6 Å². The second kappa shape index (κ2) is 29.7. The molecule has 0 spiro atoms. The van der Waals surface area contributed by atoms with Gasteiger partial charge in [-0.3, -0.25) is 23.7 Å². The average Bonchev–Trinajstić information content (AvgIpc) is 1.54. The van der Waals surface area contributed by atoms with Crippen molar-refractivity contribution in [2.24, 2.45) is 0 Å². The number of ether oxygens (including phenoxy) is 3. The number of hydrogen-bond donors (Lipinski definition) is 7. The molecule has 7 N–H and O–H groups in total. The number of phenols is 2. The van der Waals surface area contributed by atoms with Crippen LogP contribution in [0.25, 0.3) is 0 Å². The number of ketones is 1. The summed E-state index contributed by atoms with van der Waals surface area (Å²) in [5, 5.41) is 35.2. The number of nitrogens with one attached hydrogen (secondary N) is 3. The van der Waals surface area contributed by atoms with E-state index in [2.05, 4.69) is 35.5 Å². The fraction of sp³-hybridized carbons (Fsp3) is 0.148. The lowest BCUT2D eigenvalue weighted by atomic mass is 9.70. The van der Waals surface area contributed by atoms with Gasteiger partial charge >= 0.3 is 53.2 Å². The molecule has 3 aliphatic rings. The van der Waals surface area contributed by atoms with Crippen LogP contribution in [0.2, 0.25) is 0 Å². The molecule has 0 radical (unpaired) electrons. The molecule has 16 nitrogen and oxygen atoms in total. The molecule has 11 rings (SSSR count). The van der Waals surface area contributed by atoms with Crippen molar-refractivity contribution in [1.82, 2.24) is 0 Å². The van der Waals surface area contributed by atoms with Crippen molar-refractivity contribution in [3.63, 3.8) is 0 Å². The van der Waals surface area contributed by atoms with Crippen LogP contribution in [0, 0.1) is 0 Å². The Labute approximate surface area is 554 Å². The molecule has 100 heavy (non-hydrogen) atoms. The standard InChI is InChI=1S/C22H13F6NO3.C16H9F6NO3.C9H4F3NO2.C7H4BrF3O.C6H6O.CHF3O3S/c23-21(24,25)17-3-1-2-16-18(17)29-19(31)20(16,12-4-8-14(30)9-5-12)13-6-10-15(11-7-13)32-22(26,27)28;17-15(18,19)11-3-1-2-10-12(11)23-13(24)14(10,25)8-4-6-9(7-5-8)26-16(20,21)22;10-9(11,12)5-3-1-2-4-6(5)13-8(15)7(4)14;8-5-1-3-6(4-2-5)12-7(9,10)11;7-6-4-2-1-3-5-6;2-1(3,4)8(5,6)7/h1-11,30H,(H,29,31);1-7,25H,(H,23,24);1-3H,(H,13,14,15);1-4H;1-5,7H;(H,5,6,7). The van der Waals surface area contributed by atoms with E-state index in [1.54, 1.807) is 24.3 Å². The maximum absolute atomic E-state index is 13.6. The molecular weight excluding hydrogens is 1490 g/mol. The van der Waals surface area contributed by atoms with Gasteiger partial charge in [0.2, 0.25) is 5.91 Å². The number of rotatable bonds is 6. The first-order valence-corrected chi connectivity index (χ1v) is 28.8. The summed E-state index contributed by atoms with van der Waals surface area (Å²) in [6, 6.07) is 36.6. The maximum Gasteiger partial charge on any atom is 0.573 e. The van der Waals surface area contributed by atoms with Crippen LogP contribution in [-0.4, -0.2) is 76.4 Å². The number of carbonyl (C=O) groups excluding carboxylic acids is 4. The second-order valence-corrected chi connectivity index (χ2v) is 22.1. The Hall–Kier alpha value is -10.3. The van der Waals surface area contributed by atoms with Gasteiger partial charge in [-0.1, -0.05) is 101 Å². The lowest BCUT2D eigenvalue weighted by molar-refractivity contribution is -0.275. The van der Waals surface area contributed by atoms with Crippen molar-refractivity contribution in [3.8, 4) is 28.7 Å². The van der Waals surface area contributed by atoms with Gasteiger partial charge < -0.3 is 45.5 Å². The van der Waals surface area contributed by atoms with Crippen LogP contribution in [0.4, 0.5) is 109 Å². The molecule has 0 saturated heterocycles. The van der Waals surface area contributed by atoms with Crippen LogP contribution in [0.3, 0.4) is 0 Å². The van der Waals surface area contributed by atoms with Gasteiger partial charge in [0.1, 0.15) is 34.2 Å². The zero-order valence-corrected chi connectivity index (χ0v) is 50.9. The first-order valence-electron chi connectivity index (χ1n) is 26.5. The Morgan fingerprint density at radius 2 is 0.730 bits per heavy atom. The molecule has 0 saturated carbocycles. The SMILES string of the molecule is FC(F)(F)Oc1ccc(Br)cc1.O=C1Nc2c(C(F)(F)F)cccc2C1(O)c1ccc(OC(F)(F)F)cc1.O=C1Nc2c(C(F)(F)F)cccc2C1(c1ccc(O)cc1)c1ccc(OC(F)(F)F)cc1.O=C1Nc2c(cccc2C(F)(F)F)C1=O.O=S(=O)(O)C(F)(F)F.Oc1ccccc1. The molecule has 0 aromatic heterocycles. The van der Waals surface area contributed by atoms with E-state index in [1.807, 2.05) is 16.7 Å². The molecule has 0 bridgehead atoms. The number of halogens is 22. The summed E-state index contributed by atoms with van der Waals surface area (Å²) in [5.41, 5.74) is -15.0. The lowest BCUT2D eigenvalue weighted by Crippen LogP contribution is -2.37. The molecule has 8 aromatic rings. The highest BCUT2D eigenvalue weighted by Crippen LogP contribution is 2.53. The summed E-state index contributed by atoms with van der Waals surface area (Å²) in [5.74, 6) is -5.11. The molecule has 3 heterocycles. The van der Waals surface area contributed by atoms with Crippen LogP contribution in [0.1, 0.15) is 54.9 Å². The minimum atomic E-state index is -5.84. The summed E-state index contributed by atoms with van der Waals surface area (Å²) in [4.78, 5) is 47.5. The maximum atomic E-state index is 13.6. The quantitative estimate of drug-likeness (QED) is 0.0355. The summed E-state index contributed by atoms with van der Waals surface area (Å²) < 4.78 is 296. The fourth-order valence-electron chi connectivity index (χ4n) is 9.13. The summed E-state index contributed by atoms with van der Waals surface area (Å²) in [6.07, 6.45) is -28.6. The number of amides is 3. The number of anilines is 3. The normalized spacial score (nSPS) is 16.4. The van der Waals surface area contributed by atoms with Crippen molar-refractivity contribution < 1.29 is 154 Å². The predicted octanol–water partition coefficient (Wildman–Crippen LogP) is 16.4. The molecular formula is C61H37BrF21N3O13S. The Morgan fingerprint density at radius 1 is 0.390 bits per heavy atom. The number of aliphatic hydroxyl groups is 1. The third kappa shape index (κ3) is 19.5. The van der Waals surface area contributed by atoms with Gasteiger partial charge in [-0.15, -0.1) is 39.5 Å². The van der Waals surface area contributed by atoms with Gasteiger partial charge in [0.15, 0.2) is 5.60 Å². The summed E-state index contributed by atoms with van der Waals surface area (Å²) in [6.45, 7) is 0. The Kier molecular flexibility index (Phi) is 23.3. The molecule has 39 heteroatoms. The number of alkyl halides is 21. The second-order valence-electron chi connectivity index (χ2n) is 19.8. The van der Waals surface area contributed by atoms with Crippen molar-refractivity contribution in [2.45, 2.75) is 54.1 Å². The molecule has 2 unspecified atom stereocenters. The molecule has 0 aliphatic carbocycles. The number of benzene rings is 8.